The van der Waals surface area contributed by atoms with E-state index in [2.05, 4.69) is 68.2 Å². The van der Waals surface area contributed by atoms with Crippen molar-refractivity contribution in [1.29, 1.82) is 0 Å². The normalized spacial score (nSPS) is 15.0. The van der Waals surface area contributed by atoms with Gasteiger partial charge in [-0.2, -0.15) is 0 Å². The van der Waals surface area contributed by atoms with Crippen LogP contribution in [0.15, 0.2) is 61.2 Å². The molecule has 1 N–H and O–H groups in total. The molecule has 1 unspecified atom stereocenters. The second kappa shape index (κ2) is 11.0. The van der Waals surface area contributed by atoms with Gasteiger partial charge in [0.05, 0.1) is 23.0 Å². The Labute approximate surface area is 211 Å². The molecule has 1 saturated heterocycles. The van der Waals surface area contributed by atoms with Crippen LogP contribution in [0.2, 0.25) is 0 Å². The molecule has 0 saturated carbocycles. The van der Waals surface area contributed by atoms with Gasteiger partial charge in [-0.1, -0.05) is 49.3 Å². The average molecular weight is 488 g/mol. The molecule has 1 aliphatic rings. The number of nitrogens with zero attached hydrogens (tertiary/aromatic N) is 4. The average Bonchev–Trinajstić information content (AvgIpc) is 3.56. The van der Waals surface area contributed by atoms with E-state index in [4.69, 9.17) is 0 Å². The SMILES string of the molecule is CCCCC(CC(=O)c1cnc(N2CCN(c3cccnc3)CC2)s1)Cc1c[nH]c2ccccc12. The van der Waals surface area contributed by atoms with E-state index in [1.807, 2.05) is 12.3 Å². The first-order valence-electron chi connectivity index (χ1n) is 12.6. The number of nitrogens with one attached hydrogen (secondary N) is 1. The Kier molecular flexibility index (Phi) is 7.42. The number of thiazole rings is 1. The standard InChI is InChI=1S/C28H33N5OS/c1-2-3-7-21(16-22-18-30-25-10-5-4-9-24(22)25)17-26(34)27-20-31-28(35-27)33-14-12-32(13-15-33)23-8-6-11-29-19-23/h4-6,8-11,18-21,30H,2-3,7,12-17H2,1H3. The maximum Gasteiger partial charge on any atom is 0.186 e. The highest BCUT2D eigenvalue weighted by Crippen LogP contribution is 2.29. The Hall–Kier alpha value is -3.19. The summed E-state index contributed by atoms with van der Waals surface area (Å²) in [6.45, 7) is 5.87. The van der Waals surface area contributed by atoms with Gasteiger partial charge in [-0.3, -0.25) is 9.78 Å². The topological polar surface area (TPSA) is 65.1 Å². The number of fused-ring (bicyclic) bond motifs is 1. The number of piperazine rings is 1. The summed E-state index contributed by atoms with van der Waals surface area (Å²) in [5.74, 6) is 0.568. The molecule has 0 bridgehead atoms. The molecule has 0 amide bonds. The molecule has 3 aromatic heterocycles. The van der Waals surface area contributed by atoms with Crippen molar-refractivity contribution in [2.24, 2.45) is 5.92 Å². The number of aromatic amines is 1. The summed E-state index contributed by atoms with van der Waals surface area (Å²) in [7, 11) is 0. The number of ketones is 1. The Morgan fingerprint density at radius 1 is 1.09 bits per heavy atom. The summed E-state index contributed by atoms with van der Waals surface area (Å²) in [5, 5.41) is 2.23. The van der Waals surface area contributed by atoms with Crippen LogP contribution in [0.25, 0.3) is 10.9 Å². The number of hydrogen-bond donors (Lipinski definition) is 1. The third-order valence-corrected chi connectivity index (χ3v) is 8.05. The minimum atomic E-state index is 0.226. The van der Waals surface area contributed by atoms with Crippen LogP contribution in [0.3, 0.4) is 0 Å². The summed E-state index contributed by atoms with van der Waals surface area (Å²) in [6.07, 6.45) is 12.5. The van der Waals surface area contributed by atoms with Gasteiger partial charge in [0, 0.05) is 55.9 Å². The Morgan fingerprint density at radius 3 is 2.71 bits per heavy atom. The number of H-pyrrole nitrogens is 1. The summed E-state index contributed by atoms with van der Waals surface area (Å²) in [5.41, 5.74) is 3.64. The number of aromatic nitrogens is 3. The van der Waals surface area contributed by atoms with Crippen LogP contribution in [0.5, 0.6) is 0 Å². The minimum Gasteiger partial charge on any atom is -0.367 e. The molecule has 7 heteroatoms. The molecule has 1 aromatic carbocycles. The molecule has 6 nitrogen and oxygen atoms in total. The highest BCUT2D eigenvalue weighted by molar-refractivity contribution is 7.17. The number of anilines is 2. The molecule has 0 aliphatic carbocycles. The van der Waals surface area contributed by atoms with Crippen molar-refractivity contribution < 1.29 is 4.79 Å². The van der Waals surface area contributed by atoms with E-state index >= 15 is 0 Å². The molecular weight excluding hydrogens is 454 g/mol. The van der Waals surface area contributed by atoms with Crippen molar-refractivity contribution in [3.63, 3.8) is 0 Å². The summed E-state index contributed by atoms with van der Waals surface area (Å²) >= 11 is 1.55. The second-order valence-corrected chi connectivity index (χ2v) is 10.4. The fourth-order valence-corrected chi connectivity index (χ4v) is 5.90. The van der Waals surface area contributed by atoms with Gasteiger partial charge in [-0.05, 0) is 42.5 Å². The number of benzene rings is 1. The largest absolute Gasteiger partial charge is 0.367 e. The van der Waals surface area contributed by atoms with Crippen molar-refractivity contribution >= 4 is 38.8 Å². The fourth-order valence-electron chi connectivity index (χ4n) is 4.98. The molecule has 4 aromatic rings. The molecule has 4 heterocycles. The molecule has 1 atom stereocenters. The number of rotatable bonds is 10. The Morgan fingerprint density at radius 2 is 1.91 bits per heavy atom. The molecule has 1 aliphatic heterocycles. The van der Waals surface area contributed by atoms with Gasteiger partial charge in [0.1, 0.15) is 0 Å². The van der Waals surface area contributed by atoms with Crippen molar-refractivity contribution in [3.8, 4) is 0 Å². The highest BCUT2D eigenvalue weighted by atomic mass is 32.1. The van der Waals surface area contributed by atoms with E-state index in [1.165, 1.54) is 16.5 Å². The lowest BCUT2D eigenvalue weighted by Gasteiger charge is -2.35. The first-order valence-corrected chi connectivity index (χ1v) is 13.5. The first kappa shape index (κ1) is 23.5. The number of Topliss-reactive ketones (excluding diaryl/α,β-unsaturated/α-hetero) is 1. The van der Waals surface area contributed by atoms with Gasteiger partial charge in [-0.25, -0.2) is 4.98 Å². The van der Waals surface area contributed by atoms with Crippen molar-refractivity contribution in [1.82, 2.24) is 15.0 Å². The summed E-state index contributed by atoms with van der Waals surface area (Å²) in [6, 6.07) is 12.5. The zero-order chi connectivity index (χ0) is 24.0. The third-order valence-electron chi connectivity index (χ3n) is 6.95. The number of carbonyl (C=O) groups excluding carboxylic acids is 1. The first-order chi connectivity index (χ1) is 17.2. The van der Waals surface area contributed by atoms with E-state index in [1.54, 1.807) is 23.7 Å². The number of hydrogen-bond acceptors (Lipinski definition) is 6. The van der Waals surface area contributed by atoms with Crippen LogP contribution in [0, 0.1) is 5.92 Å². The quantitative estimate of drug-likeness (QED) is 0.279. The van der Waals surface area contributed by atoms with Crippen molar-refractivity contribution in [3.05, 3.63) is 71.6 Å². The van der Waals surface area contributed by atoms with E-state index in [9.17, 15) is 4.79 Å². The van der Waals surface area contributed by atoms with Gasteiger partial charge in [0.2, 0.25) is 0 Å². The van der Waals surface area contributed by atoms with E-state index in [0.717, 1.165) is 67.6 Å². The number of carbonyl (C=O) groups is 1. The number of pyridine rings is 1. The summed E-state index contributed by atoms with van der Waals surface area (Å²) < 4.78 is 0. The monoisotopic (exact) mass is 487 g/mol. The van der Waals surface area contributed by atoms with Gasteiger partial charge in [0.25, 0.3) is 0 Å². The molecular formula is C28H33N5OS. The number of para-hydroxylation sites is 1. The lowest BCUT2D eigenvalue weighted by atomic mass is 9.89. The van der Waals surface area contributed by atoms with Crippen molar-refractivity contribution in [2.45, 2.75) is 39.0 Å². The predicted octanol–water partition coefficient (Wildman–Crippen LogP) is 5.97. The van der Waals surface area contributed by atoms with Gasteiger partial charge < -0.3 is 14.8 Å². The van der Waals surface area contributed by atoms with Gasteiger partial charge in [-0.15, -0.1) is 0 Å². The van der Waals surface area contributed by atoms with E-state index in [0.29, 0.717) is 12.3 Å². The highest BCUT2D eigenvalue weighted by Gasteiger charge is 2.23. The molecule has 35 heavy (non-hydrogen) atoms. The van der Waals surface area contributed by atoms with Gasteiger partial charge >= 0.3 is 0 Å². The Balaban J connectivity index is 1.21. The smallest absolute Gasteiger partial charge is 0.186 e. The molecule has 5 rings (SSSR count). The van der Waals surface area contributed by atoms with Crippen LogP contribution in [0.4, 0.5) is 10.8 Å². The molecule has 1 fully saturated rings. The van der Waals surface area contributed by atoms with Crippen molar-refractivity contribution in [2.75, 3.05) is 36.0 Å². The van der Waals surface area contributed by atoms with E-state index < -0.39 is 0 Å². The number of unbranched alkanes of at least 4 members (excludes halogenated alkanes) is 1. The minimum absolute atomic E-state index is 0.226. The molecule has 182 valence electrons. The molecule has 0 spiro atoms. The molecule has 0 radical (unpaired) electrons. The van der Waals surface area contributed by atoms with E-state index in [-0.39, 0.29) is 5.78 Å². The van der Waals surface area contributed by atoms with Crippen LogP contribution in [0.1, 0.15) is 47.8 Å². The maximum atomic E-state index is 13.3. The van der Waals surface area contributed by atoms with Crippen LogP contribution in [-0.2, 0) is 6.42 Å². The second-order valence-electron chi connectivity index (χ2n) is 9.39. The zero-order valence-electron chi connectivity index (χ0n) is 20.3. The van der Waals surface area contributed by atoms with Crippen LogP contribution >= 0.6 is 11.3 Å². The predicted molar refractivity (Wildman–Crippen MR) is 145 cm³/mol. The lowest BCUT2D eigenvalue weighted by Crippen LogP contribution is -2.46. The zero-order valence-corrected chi connectivity index (χ0v) is 21.1. The van der Waals surface area contributed by atoms with Gasteiger partial charge in [0.15, 0.2) is 10.9 Å². The van der Waals surface area contributed by atoms with Crippen LogP contribution < -0.4 is 9.80 Å². The maximum absolute atomic E-state index is 13.3. The lowest BCUT2D eigenvalue weighted by molar-refractivity contribution is 0.0962. The Bertz CT molecular complexity index is 1240. The summed E-state index contributed by atoms with van der Waals surface area (Å²) in [4.78, 5) is 31.0. The third kappa shape index (κ3) is 5.56. The fraction of sp³-hybridized carbons (Fsp3) is 0.393. The van der Waals surface area contributed by atoms with Crippen LogP contribution in [-0.4, -0.2) is 46.9 Å².